The second-order valence-electron chi connectivity index (χ2n) is 18.6. The van der Waals surface area contributed by atoms with E-state index in [2.05, 4.69) is 26.1 Å². The van der Waals surface area contributed by atoms with Gasteiger partial charge in [-0.3, -0.25) is 9.59 Å². The highest BCUT2D eigenvalue weighted by Crippen LogP contribution is 2.19. The van der Waals surface area contributed by atoms with Crippen LogP contribution in [0.3, 0.4) is 0 Å². The normalized spacial score (nSPS) is 13.1. The molecule has 3 N–H and O–H groups in total. The zero-order valence-electron chi connectivity index (χ0n) is 40.2. The van der Waals surface area contributed by atoms with Crippen molar-refractivity contribution in [1.29, 1.82) is 0 Å². The van der Waals surface area contributed by atoms with E-state index in [4.69, 9.17) is 4.74 Å². The Morgan fingerprint density at radius 2 is 0.712 bits per heavy atom. The van der Waals surface area contributed by atoms with Gasteiger partial charge in [-0.25, -0.2) is 0 Å². The maximum absolute atomic E-state index is 13.2. The summed E-state index contributed by atoms with van der Waals surface area (Å²) >= 11 is 0. The molecule has 0 bridgehead atoms. The Kier molecular flexibility index (Phi) is 47.0. The van der Waals surface area contributed by atoms with Gasteiger partial charge in [0.05, 0.1) is 25.2 Å². The van der Waals surface area contributed by atoms with Crippen molar-refractivity contribution in [2.45, 2.75) is 322 Å². The highest BCUT2D eigenvalue weighted by Gasteiger charge is 2.24. The lowest BCUT2D eigenvalue weighted by atomic mass is 10.0. The molecule has 3 atom stereocenters. The van der Waals surface area contributed by atoms with Gasteiger partial charge in [0.15, 0.2) is 0 Å². The maximum atomic E-state index is 13.2. The first-order chi connectivity index (χ1) is 29.0. The summed E-state index contributed by atoms with van der Waals surface area (Å²) in [5, 5.41) is 23.8. The Hall–Kier alpha value is -1.14. The Labute approximate surface area is 368 Å². The first-order valence-electron chi connectivity index (χ1n) is 26.8. The Morgan fingerprint density at radius 1 is 0.424 bits per heavy atom. The van der Waals surface area contributed by atoms with E-state index in [0.29, 0.717) is 19.3 Å². The van der Waals surface area contributed by atoms with Crippen LogP contribution in [0.15, 0.2) is 0 Å². The number of aliphatic hydroxyl groups excluding tert-OH is 2. The number of unbranched alkanes of at least 4 members (excludes halogenated alkanes) is 37. The maximum Gasteiger partial charge on any atom is 0.306 e. The number of carbonyl (C=O) groups excluding carboxylic acids is 2. The SMILES string of the molecule is CCCCCCCCCCCCCCCCCCC(CC(=O)NC(CO)C(O)CCCCCCCCCCCCCC)OC(=O)CCCCCCCCCCCCCC. The fourth-order valence-electron chi connectivity index (χ4n) is 8.61. The number of esters is 1. The van der Waals surface area contributed by atoms with Crippen LogP contribution in [0.5, 0.6) is 0 Å². The lowest BCUT2D eigenvalue weighted by Crippen LogP contribution is -2.46. The number of carbonyl (C=O) groups is 2. The molecule has 0 rings (SSSR count). The molecule has 1 amide bonds. The Morgan fingerprint density at radius 3 is 1.03 bits per heavy atom. The van der Waals surface area contributed by atoms with Crippen LogP contribution in [0.25, 0.3) is 0 Å². The highest BCUT2D eigenvalue weighted by molar-refractivity contribution is 5.77. The van der Waals surface area contributed by atoms with Crippen molar-refractivity contribution < 1.29 is 24.5 Å². The summed E-state index contributed by atoms with van der Waals surface area (Å²) in [6, 6.07) is -0.692. The van der Waals surface area contributed by atoms with Gasteiger partial charge in [0.1, 0.15) is 6.10 Å². The lowest BCUT2D eigenvalue weighted by Gasteiger charge is -2.24. The fraction of sp³-hybridized carbons (Fsp3) is 0.962. The highest BCUT2D eigenvalue weighted by atomic mass is 16.5. The molecular formula is C53H105NO5. The standard InChI is InChI=1S/C53H105NO5/c1-4-7-10-13-16-19-22-25-26-27-28-29-32-35-38-41-44-49(59-53(58)46-43-40-37-34-31-24-21-18-15-12-9-6-3)47-52(57)54-50(48-55)51(56)45-42-39-36-33-30-23-20-17-14-11-8-5-2/h49-51,55-56H,4-48H2,1-3H3,(H,54,57). The second kappa shape index (κ2) is 47.9. The molecule has 0 saturated heterocycles. The van der Waals surface area contributed by atoms with Crippen LogP contribution in [0, 0.1) is 0 Å². The van der Waals surface area contributed by atoms with Gasteiger partial charge in [0, 0.05) is 6.42 Å². The molecule has 0 aliphatic carbocycles. The third-order valence-corrected chi connectivity index (χ3v) is 12.7. The molecule has 3 unspecified atom stereocenters. The van der Waals surface area contributed by atoms with E-state index in [9.17, 15) is 19.8 Å². The summed E-state index contributed by atoms with van der Waals surface area (Å²) in [4.78, 5) is 26.1. The summed E-state index contributed by atoms with van der Waals surface area (Å²) < 4.78 is 5.94. The molecule has 0 aromatic carbocycles. The molecule has 0 aromatic rings. The number of aliphatic hydroxyl groups is 2. The number of rotatable bonds is 49. The van der Waals surface area contributed by atoms with Crippen molar-refractivity contribution in [2.24, 2.45) is 0 Å². The molecule has 0 spiro atoms. The molecule has 0 fully saturated rings. The quantitative estimate of drug-likeness (QED) is 0.0419. The van der Waals surface area contributed by atoms with Crippen molar-refractivity contribution >= 4 is 11.9 Å². The fourth-order valence-corrected chi connectivity index (χ4v) is 8.61. The minimum Gasteiger partial charge on any atom is -0.462 e. The first kappa shape index (κ1) is 57.9. The average molecular weight is 836 g/mol. The zero-order chi connectivity index (χ0) is 43.1. The van der Waals surface area contributed by atoms with Crippen molar-refractivity contribution in [3.8, 4) is 0 Å². The van der Waals surface area contributed by atoms with Crippen molar-refractivity contribution in [3.05, 3.63) is 0 Å². The molecule has 0 aromatic heterocycles. The van der Waals surface area contributed by atoms with Gasteiger partial charge in [-0.15, -0.1) is 0 Å². The molecule has 6 nitrogen and oxygen atoms in total. The number of nitrogens with one attached hydrogen (secondary N) is 1. The van der Waals surface area contributed by atoms with Gasteiger partial charge in [-0.05, 0) is 25.7 Å². The smallest absolute Gasteiger partial charge is 0.306 e. The van der Waals surface area contributed by atoms with E-state index in [1.54, 1.807) is 0 Å². The molecular weight excluding hydrogens is 731 g/mol. The van der Waals surface area contributed by atoms with Crippen molar-refractivity contribution in [2.75, 3.05) is 6.61 Å². The molecule has 0 aliphatic rings. The van der Waals surface area contributed by atoms with Gasteiger partial charge in [0.25, 0.3) is 0 Å². The number of amides is 1. The number of hydrogen-bond acceptors (Lipinski definition) is 5. The monoisotopic (exact) mass is 836 g/mol. The average Bonchev–Trinajstić information content (AvgIpc) is 3.23. The van der Waals surface area contributed by atoms with Gasteiger partial charge in [-0.2, -0.15) is 0 Å². The predicted molar refractivity (Wildman–Crippen MR) is 255 cm³/mol. The largest absolute Gasteiger partial charge is 0.462 e. The Bertz CT molecular complexity index is 852. The summed E-state index contributed by atoms with van der Waals surface area (Å²) in [5.41, 5.74) is 0. The Balaban J connectivity index is 4.51. The summed E-state index contributed by atoms with van der Waals surface area (Å²) in [6.07, 6.45) is 51.6. The number of hydrogen-bond donors (Lipinski definition) is 3. The summed E-state index contributed by atoms with van der Waals surface area (Å²) in [6.45, 7) is 6.51. The van der Waals surface area contributed by atoms with Crippen molar-refractivity contribution in [3.63, 3.8) is 0 Å². The minimum absolute atomic E-state index is 0.0880. The van der Waals surface area contributed by atoms with Crippen molar-refractivity contribution in [1.82, 2.24) is 5.32 Å². The van der Waals surface area contributed by atoms with Crippen LogP contribution < -0.4 is 5.32 Å². The van der Waals surface area contributed by atoms with E-state index >= 15 is 0 Å². The van der Waals surface area contributed by atoms with Gasteiger partial charge >= 0.3 is 5.97 Å². The van der Waals surface area contributed by atoms with Crippen LogP contribution in [0.4, 0.5) is 0 Å². The van der Waals surface area contributed by atoms with Crippen LogP contribution in [0.2, 0.25) is 0 Å². The topological polar surface area (TPSA) is 95.9 Å². The molecule has 0 heterocycles. The zero-order valence-corrected chi connectivity index (χ0v) is 40.2. The minimum atomic E-state index is -0.779. The number of ether oxygens (including phenoxy) is 1. The van der Waals surface area contributed by atoms with E-state index in [0.717, 1.165) is 44.9 Å². The van der Waals surface area contributed by atoms with Crippen LogP contribution >= 0.6 is 0 Å². The molecule has 6 heteroatoms. The molecule has 0 aliphatic heterocycles. The lowest BCUT2D eigenvalue weighted by molar-refractivity contribution is -0.151. The van der Waals surface area contributed by atoms with Crippen LogP contribution in [-0.2, 0) is 14.3 Å². The van der Waals surface area contributed by atoms with E-state index in [1.807, 2.05) is 0 Å². The second-order valence-corrected chi connectivity index (χ2v) is 18.6. The van der Waals surface area contributed by atoms with Crippen LogP contribution in [0.1, 0.15) is 303 Å². The van der Waals surface area contributed by atoms with E-state index < -0.39 is 18.2 Å². The van der Waals surface area contributed by atoms with Gasteiger partial charge in [-0.1, -0.05) is 265 Å². The van der Waals surface area contributed by atoms with Gasteiger partial charge < -0.3 is 20.3 Å². The molecule has 0 radical (unpaired) electrons. The van der Waals surface area contributed by atoms with Crippen LogP contribution in [-0.4, -0.2) is 46.9 Å². The van der Waals surface area contributed by atoms with E-state index in [-0.39, 0.29) is 24.9 Å². The molecule has 352 valence electrons. The third kappa shape index (κ3) is 43.3. The third-order valence-electron chi connectivity index (χ3n) is 12.7. The summed E-state index contributed by atoms with van der Waals surface area (Å²) in [5.74, 6) is -0.450. The predicted octanol–water partition coefficient (Wildman–Crippen LogP) is 16.0. The molecule has 0 saturated carbocycles. The molecule has 59 heavy (non-hydrogen) atoms. The van der Waals surface area contributed by atoms with E-state index in [1.165, 1.54) is 212 Å². The summed E-state index contributed by atoms with van der Waals surface area (Å²) in [7, 11) is 0. The first-order valence-corrected chi connectivity index (χ1v) is 26.8. The van der Waals surface area contributed by atoms with Gasteiger partial charge in [0.2, 0.25) is 5.91 Å².